The van der Waals surface area contributed by atoms with Crippen LogP contribution in [-0.2, 0) is 65.4 Å². The zero-order chi connectivity index (χ0) is 66.3. The number of hydrogen-bond acceptors (Lipinski definition) is 15. The highest BCUT2D eigenvalue weighted by molar-refractivity contribution is 7.47. The summed E-state index contributed by atoms with van der Waals surface area (Å²) in [6.45, 7) is 7.23. The number of esters is 4. The quantitative estimate of drug-likeness (QED) is 0.0222. The first-order valence-corrected chi connectivity index (χ1v) is 40.1. The van der Waals surface area contributed by atoms with Gasteiger partial charge in [0.25, 0.3) is 0 Å². The molecule has 0 aromatic heterocycles. The lowest BCUT2D eigenvalue weighted by Crippen LogP contribution is -2.30. The van der Waals surface area contributed by atoms with Crippen LogP contribution < -0.4 is 0 Å². The Hall–Kier alpha value is -1.94. The maximum Gasteiger partial charge on any atom is 0.472 e. The smallest absolute Gasteiger partial charge is 0.462 e. The van der Waals surface area contributed by atoms with Gasteiger partial charge in [0.15, 0.2) is 12.2 Å². The van der Waals surface area contributed by atoms with Gasteiger partial charge >= 0.3 is 39.5 Å². The Morgan fingerprint density at radius 3 is 0.756 bits per heavy atom. The number of phosphoric ester groups is 2. The molecule has 0 saturated carbocycles. The lowest BCUT2D eigenvalue weighted by atomic mass is 10.0. The highest BCUT2D eigenvalue weighted by Gasteiger charge is 2.30. The minimum Gasteiger partial charge on any atom is -0.462 e. The number of rotatable bonds is 71. The zero-order valence-electron chi connectivity index (χ0n) is 58.3. The van der Waals surface area contributed by atoms with E-state index in [1.165, 1.54) is 186 Å². The minimum atomic E-state index is -4.95. The van der Waals surface area contributed by atoms with E-state index in [1.54, 1.807) is 0 Å². The Balaban J connectivity index is 5.21. The second-order valence-electron chi connectivity index (χ2n) is 26.1. The normalized spacial score (nSPS) is 14.1. The van der Waals surface area contributed by atoms with E-state index in [9.17, 15) is 43.2 Å². The van der Waals surface area contributed by atoms with Gasteiger partial charge in [-0.05, 0) is 31.6 Å². The molecule has 0 amide bonds. The second-order valence-corrected chi connectivity index (χ2v) is 29.0. The highest BCUT2D eigenvalue weighted by Crippen LogP contribution is 2.45. The molecule has 19 heteroatoms. The first-order chi connectivity index (χ1) is 43.5. The van der Waals surface area contributed by atoms with E-state index in [4.69, 9.17) is 37.0 Å². The molecule has 534 valence electrons. The van der Waals surface area contributed by atoms with Gasteiger partial charge in [-0.3, -0.25) is 37.3 Å². The topological polar surface area (TPSA) is 237 Å². The fraction of sp³-hybridized carbons (Fsp3) is 0.944. The summed E-state index contributed by atoms with van der Waals surface area (Å²) in [7, 11) is -9.90. The molecule has 0 aliphatic heterocycles. The molecule has 17 nitrogen and oxygen atoms in total. The molecule has 0 bridgehead atoms. The largest absolute Gasteiger partial charge is 0.472 e. The van der Waals surface area contributed by atoms with Crippen LogP contribution in [0.1, 0.15) is 369 Å². The molecule has 0 rings (SSSR count). The van der Waals surface area contributed by atoms with Crippen LogP contribution in [0.25, 0.3) is 0 Å². The molecule has 2 unspecified atom stereocenters. The van der Waals surface area contributed by atoms with E-state index >= 15 is 0 Å². The first-order valence-electron chi connectivity index (χ1n) is 37.1. The maximum absolute atomic E-state index is 13.0. The SMILES string of the molecule is CCCCCCCCCCCCCCCCCCCC(=O)O[C@H](COC(=O)CCCCCCCCCCCCCC(C)C)COP(=O)(O)OC[C@@H](O)COP(=O)(O)OC[C@@H](COC(=O)CCCCCCCCCC)OC(=O)CCCCCCCCCCCCC. The van der Waals surface area contributed by atoms with Crippen LogP contribution in [0.5, 0.6) is 0 Å². The highest BCUT2D eigenvalue weighted by atomic mass is 31.2. The van der Waals surface area contributed by atoms with E-state index < -0.39 is 97.5 Å². The summed E-state index contributed by atoms with van der Waals surface area (Å²) in [5.74, 6) is -1.35. The van der Waals surface area contributed by atoms with Gasteiger partial charge < -0.3 is 33.8 Å². The molecule has 0 fully saturated rings. The van der Waals surface area contributed by atoms with Crippen molar-refractivity contribution in [1.29, 1.82) is 0 Å². The Morgan fingerprint density at radius 2 is 0.511 bits per heavy atom. The molecule has 0 aliphatic rings. The Kier molecular flexibility index (Phi) is 63.0. The van der Waals surface area contributed by atoms with Crippen molar-refractivity contribution in [3.8, 4) is 0 Å². The third kappa shape index (κ3) is 64.8. The lowest BCUT2D eigenvalue weighted by Gasteiger charge is -2.21. The summed E-state index contributed by atoms with van der Waals surface area (Å²) in [5.41, 5.74) is 0. The molecule has 5 atom stereocenters. The number of aliphatic hydroxyl groups excluding tert-OH is 1. The molecular weight excluding hydrogens is 1190 g/mol. The second kappa shape index (κ2) is 64.4. The number of carbonyl (C=O) groups excluding carboxylic acids is 4. The summed E-state index contributed by atoms with van der Waals surface area (Å²) < 4.78 is 68.3. The number of aliphatic hydroxyl groups is 1. The van der Waals surface area contributed by atoms with Crippen molar-refractivity contribution in [3.63, 3.8) is 0 Å². The predicted molar refractivity (Wildman–Crippen MR) is 363 cm³/mol. The van der Waals surface area contributed by atoms with Crippen molar-refractivity contribution < 1.29 is 80.2 Å². The summed E-state index contributed by atoms with van der Waals surface area (Å²) in [4.78, 5) is 72.5. The van der Waals surface area contributed by atoms with E-state index in [1.807, 2.05) is 0 Å². The van der Waals surface area contributed by atoms with E-state index in [0.29, 0.717) is 25.7 Å². The Labute approximate surface area is 549 Å². The van der Waals surface area contributed by atoms with Crippen molar-refractivity contribution in [2.24, 2.45) is 5.92 Å². The van der Waals surface area contributed by atoms with Crippen molar-refractivity contribution in [3.05, 3.63) is 0 Å². The molecule has 0 radical (unpaired) electrons. The molecule has 0 aromatic carbocycles. The number of phosphoric acid groups is 2. The van der Waals surface area contributed by atoms with Gasteiger partial charge in [0.05, 0.1) is 26.4 Å². The van der Waals surface area contributed by atoms with Gasteiger partial charge in [0.2, 0.25) is 0 Å². The van der Waals surface area contributed by atoms with E-state index in [0.717, 1.165) is 102 Å². The molecule has 0 aliphatic carbocycles. The fourth-order valence-corrected chi connectivity index (χ4v) is 12.4. The molecular formula is C71H138O17P2. The average Bonchev–Trinajstić information content (AvgIpc) is 3.73. The molecule has 0 saturated heterocycles. The van der Waals surface area contributed by atoms with E-state index in [-0.39, 0.29) is 25.7 Å². The van der Waals surface area contributed by atoms with Crippen LogP contribution in [0.2, 0.25) is 0 Å². The Morgan fingerprint density at radius 1 is 0.300 bits per heavy atom. The molecule has 0 heterocycles. The third-order valence-electron chi connectivity index (χ3n) is 16.5. The van der Waals surface area contributed by atoms with Crippen molar-refractivity contribution in [2.45, 2.75) is 387 Å². The molecule has 0 spiro atoms. The van der Waals surface area contributed by atoms with Gasteiger partial charge in [-0.15, -0.1) is 0 Å². The standard InChI is InChI=1S/C71H138O17P2/c1-6-9-12-15-18-21-23-24-25-26-27-28-32-37-42-47-52-57-71(76)88-67(61-82-69(74)55-50-45-40-35-33-29-31-34-38-43-48-53-64(4)5)63-86-90(79,80)84-59-65(72)58-83-89(77,78)85-62-66(60-81-68(73)54-49-44-39-20-17-14-11-8-3)87-70(75)56-51-46-41-36-30-22-19-16-13-10-7-2/h64-67,72H,6-63H2,1-5H3,(H,77,78)(H,79,80)/t65-,66+,67+/m0/s1. The number of hydrogen-bond donors (Lipinski definition) is 3. The molecule has 0 aromatic rings. The zero-order valence-corrected chi connectivity index (χ0v) is 60.1. The average molecular weight is 1330 g/mol. The van der Waals surface area contributed by atoms with Crippen molar-refractivity contribution in [2.75, 3.05) is 39.6 Å². The fourth-order valence-electron chi connectivity index (χ4n) is 10.8. The maximum atomic E-state index is 13.0. The van der Waals surface area contributed by atoms with Crippen LogP contribution in [0.15, 0.2) is 0 Å². The van der Waals surface area contributed by atoms with Gasteiger partial charge in [-0.1, -0.05) is 317 Å². The number of carbonyl (C=O) groups is 4. The summed E-state index contributed by atoms with van der Waals surface area (Å²) in [5, 5.41) is 10.6. The monoisotopic (exact) mass is 1320 g/mol. The van der Waals surface area contributed by atoms with E-state index in [2.05, 4.69) is 34.6 Å². The van der Waals surface area contributed by atoms with Gasteiger partial charge in [0, 0.05) is 25.7 Å². The van der Waals surface area contributed by atoms with Crippen LogP contribution in [0, 0.1) is 5.92 Å². The van der Waals surface area contributed by atoms with Crippen molar-refractivity contribution >= 4 is 39.5 Å². The van der Waals surface area contributed by atoms with Crippen LogP contribution in [0.4, 0.5) is 0 Å². The third-order valence-corrected chi connectivity index (χ3v) is 18.4. The van der Waals surface area contributed by atoms with Gasteiger partial charge in [-0.25, -0.2) is 9.13 Å². The molecule has 90 heavy (non-hydrogen) atoms. The van der Waals surface area contributed by atoms with Crippen LogP contribution in [0.3, 0.4) is 0 Å². The van der Waals surface area contributed by atoms with Crippen molar-refractivity contribution in [1.82, 2.24) is 0 Å². The summed E-state index contributed by atoms with van der Waals surface area (Å²) in [6.07, 6.45) is 51.3. The minimum absolute atomic E-state index is 0.107. The first kappa shape index (κ1) is 88.1. The van der Waals surface area contributed by atoms with Crippen LogP contribution in [-0.4, -0.2) is 96.7 Å². The number of ether oxygens (including phenoxy) is 4. The molecule has 3 N–H and O–H groups in total. The lowest BCUT2D eigenvalue weighted by molar-refractivity contribution is -0.161. The summed E-state index contributed by atoms with van der Waals surface area (Å²) >= 11 is 0. The Bertz CT molecular complexity index is 1740. The van der Waals surface area contributed by atoms with Crippen LogP contribution >= 0.6 is 15.6 Å². The predicted octanol–water partition coefficient (Wildman–Crippen LogP) is 20.5. The van der Waals surface area contributed by atoms with Gasteiger partial charge in [-0.2, -0.15) is 0 Å². The van der Waals surface area contributed by atoms with Gasteiger partial charge in [0.1, 0.15) is 19.3 Å². The summed E-state index contributed by atoms with van der Waals surface area (Å²) in [6, 6.07) is 0. The number of unbranched alkanes of at least 4 members (excludes halogenated alkanes) is 43.